The minimum Gasteiger partial charge on any atom is -0.465 e. The zero-order valence-electron chi connectivity index (χ0n) is 13.7. The molecule has 0 spiro atoms. The van der Waals surface area contributed by atoms with Gasteiger partial charge in [0.15, 0.2) is 5.96 Å². The van der Waals surface area contributed by atoms with Crippen molar-refractivity contribution in [3.63, 3.8) is 0 Å². The van der Waals surface area contributed by atoms with E-state index in [0.717, 1.165) is 49.2 Å². The third-order valence-electron chi connectivity index (χ3n) is 4.43. The van der Waals surface area contributed by atoms with Crippen molar-refractivity contribution in [3.05, 3.63) is 23.7 Å². The number of hydrogen-bond donors (Lipinski definition) is 1. The number of halogens is 1. The van der Waals surface area contributed by atoms with Crippen LogP contribution in [0.1, 0.15) is 30.4 Å². The molecule has 2 saturated heterocycles. The largest absolute Gasteiger partial charge is 0.465 e. The first kappa shape index (κ1) is 18.9. The van der Waals surface area contributed by atoms with Gasteiger partial charge in [-0.15, -0.1) is 24.0 Å². The van der Waals surface area contributed by atoms with E-state index < -0.39 is 0 Å². The first-order valence-corrected chi connectivity index (χ1v) is 9.32. The fourth-order valence-corrected chi connectivity index (χ4v) is 4.05. The van der Waals surface area contributed by atoms with Crippen molar-refractivity contribution in [2.75, 3.05) is 44.2 Å². The molecule has 0 aromatic carbocycles. The maximum atomic E-state index is 6.20. The molecule has 0 amide bonds. The van der Waals surface area contributed by atoms with Crippen LogP contribution in [0.25, 0.3) is 0 Å². The lowest BCUT2D eigenvalue weighted by Crippen LogP contribution is -2.43. The van der Waals surface area contributed by atoms with Crippen LogP contribution >= 0.6 is 35.7 Å². The molecule has 1 aromatic rings. The van der Waals surface area contributed by atoms with E-state index in [9.17, 15) is 0 Å². The van der Waals surface area contributed by atoms with Gasteiger partial charge in [0, 0.05) is 24.6 Å². The molecule has 23 heavy (non-hydrogen) atoms. The van der Waals surface area contributed by atoms with Gasteiger partial charge in [0.05, 0.1) is 12.6 Å². The second kappa shape index (κ2) is 9.17. The van der Waals surface area contributed by atoms with Crippen LogP contribution < -0.4 is 5.73 Å². The molecule has 0 saturated carbocycles. The lowest BCUT2D eigenvalue weighted by atomic mass is 10.2. The predicted molar refractivity (Wildman–Crippen MR) is 108 cm³/mol. The zero-order chi connectivity index (χ0) is 15.4. The minimum atomic E-state index is 0. The smallest absolute Gasteiger partial charge is 0.191 e. The van der Waals surface area contributed by atoms with Gasteiger partial charge in [0.2, 0.25) is 0 Å². The number of likely N-dealkylation sites (tertiary alicyclic amines) is 1. The van der Waals surface area contributed by atoms with E-state index in [-0.39, 0.29) is 30.0 Å². The molecule has 7 heteroatoms. The Hall–Kier alpha value is -0.410. The third kappa shape index (κ3) is 5.03. The molecule has 1 aromatic heterocycles. The van der Waals surface area contributed by atoms with E-state index in [1.165, 1.54) is 12.8 Å². The minimum absolute atomic E-state index is 0. The van der Waals surface area contributed by atoms with Crippen molar-refractivity contribution in [3.8, 4) is 0 Å². The summed E-state index contributed by atoms with van der Waals surface area (Å²) in [5, 5.41) is 0. The third-order valence-corrected chi connectivity index (χ3v) is 5.37. The molecular formula is C16H27IN4OS. The normalized spacial score (nSPS) is 21.3. The molecule has 2 aliphatic heterocycles. The summed E-state index contributed by atoms with van der Waals surface area (Å²) < 4.78 is 5.87. The van der Waals surface area contributed by atoms with E-state index >= 15 is 0 Å². The Morgan fingerprint density at radius 2 is 1.96 bits per heavy atom. The highest BCUT2D eigenvalue weighted by Crippen LogP contribution is 2.27. The van der Waals surface area contributed by atoms with Crippen molar-refractivity contribution in [2.24, 2.45) is 10.7 Å². The number of aliphatic imine (C=N–C) groups is 1. The number of nitrogens with two attached hydrogens (primary N) is 1. The van der Waals surface area contributed by atoms with E-state index in [4.69, 9.17) is 10.2 Å². The summed E-state index contributed by atoms with van der Waals surface area (Å²) in [6.07, 6.45) is 2.53. The van der Waals surface area contributed by atoms with Crippen molar-refractivity contribution >= 4 is 41.7 Å². The van der Waals surface area contributed by atoms with Crippen molar-refractivity contribution < 1.29 is 4.42 Å². The molecule has 2 aliphatic rings. The lowest BCUT2D eigenvalue weighted by molar-refractivity contribution is 0.219. The summed E-state index contributed by atoms with van der Waals surface area (Å²) >= 11 is 1.99. The van der Waals surface area contributed by atoms with Gasteiger partial charge >= 0.3 is 0 Å². The molecule has 5 nitrogen and oxygen atoms in total. The molecule has 1 unspecified atom stereocenters. The number of rotatable bonds is 4. The number of hydrogen-bond acceptors (Lipinski definition) is 4. The van der Waals surface area contributed by atoms with Crippen LogP contribution in [-0.2, 0) is 0 Å². The molecule has 0 bridgehead atoms. The highest BCUT2D eigenvalue weighted by Gasteiger charge is 2.26. The molecule has 2 fully saturated rings. The number of thioether (sulfide) groups is 1. The van der Waals surface area contributed by atoms with Gasteiger partial charge in [-0.3, -0.25) is 9.89 Å². The average molecular weight is 450 g/mol. The molecule has 130 valence electrons. The fourth-order valence-electron chi connectivity index (χ4n) is 3.14. The SMILES string of the molecule is Cc1ccc(C(CN=C(N)N2CCSCC2)N2CCCC2)o1.I. The highest BCUT2D eigenvalue weighted by atomic mass is 127. The van der Waals surface area contributed by atoms with Crippen molar-refractivity contribution in [1.82, 2.24) is 9.80 Å². The van der Waals surface area contributed by atoms with Gasteiger partial charge in [0.25, 0.3) is 0 Å². The van der Waals surface area contributed by atoms with Crippen LogP contribution in [-0.4, -0.2) is 60.0 Å². The van der Waals surface area contributed by atoms with Crippen LogP contribution in [0.15, 0.2) is 21.5 Å². The molecule has 0 aliphatic carbocycles. The van der Waals surface area contributed by atoms with Crippen LogP contribution in [0.4, 0.5) is 0 Å². The number of nitrogens with zero attached hydrogens (tertiary/aromatic N) is 3. The maximum Gasteiger partial charge on any atom is 0.191 e. The standard InChI is InChI=1S/C16H26N4OS.HI/c1-13-4-5-15(21-13)14(19-6-2-3-7-19)12-18-16(17)20-8-10-22-11-9-20;/h4-5,14H,2-3,6-12H2,1H3,(H2,17,18);1H. The Kier molecular flexibility index (Phi) is 7.55. The summed E-state index contributed by atoms with van der Waals surface area (Å²) in [5.74, 6) is 4.95. The number of furan rings is 1. The Labute approximate surface area is 160 Å². The summed E-state index contributed by atoms with van der Waals surface area (Å²) in [6, 6.07) is 4.34. The van der Waals surface area contributed by atoms with Crippen molar-refractivity contribution in [1.29, 1.82) is 0 Å². The first-order chi connectivity index (χ1) is 10.7. The topological polar surface area (TPSA) is 58.0 Å². The van der Waals surface area contributed by atoms with Gasteiger partial charge in [-0.2, -0.15) is 11.8 Å². The molecule has 2 N–H and O–H groups in total. The molecular weight excluding hydrogens is 423 g/mol. The Balaban J connectivity index is 0.00000192. The summed E-state index contributed by atoms with van der Waals surface area (Å²) in [5.41, 5.74) is 6.20. The second-order valence-corrected chi connectivity index (χ2v) is 7.23. The van der Waals surface area contributed by atoms with Gasteiger partial charge in [-0.05, 0) is 45.0 Å². The van der Waals surface area contributed by atoms with E-state index in [2.05, 4.69) is 20.9 Å². The average Bonchev–Trinajstić information content (AvgIpc) is 3.21. The van der Waals surface area contributed by atoms with Crippen LogP contribution in [0.3, 0.4) is 0 Å². The quantitative estimate of drug-likeness (QED) is 0.435. The number of guanidine groups is 1. The van der Waals surface area contributed by atoms with Gasteiger partial charge in [-0.25, -0.2) is 0 Å². The predicted octanol–water partition coefficient (Wildman–Crippen LogP) is 2.71. The zero-order valence-corrected chi connectivity index (χ0v) is 16.9. The van der Waals surface area contributed by atoms with Crippen LogP contribution in [0.2, 0.25) is 0 Å². The Morgan fingerprint density at radius 3 is 2.57 bits per heavy atom. The lowest BCUT2D eigenvalue weighted by Gasteiger charge is -2.28. The highest BCUT2D eigenvalue weighted by molar-refractivity contribution is 14.0. The summed E-state index contributed by atoms with van der Waals surface area (Å²) in [7, 11) is 0. The Morgan fingerprint density at radius 1 is 1.26 bits per heavy atom. The maximum absolute atomic E-state index is 6.20. The van der Waals surface area contributed by atoms with Gasteiger partial charge < -0.3 is 15.1 Å². The first-order valence-electron chi connectivity index (χ1n) is 8.17. The monoisotopic (exact) mass is 450 g/mol. The molecule has 0 radical (unpaired) electrons. The van der Waals surface area contributed by atoms with Crippen molar-refractivity contribution in [2.45, 2.75) is 25.8 Å². The summed E-state index contributed by atoms with van der Waals surface area (Å²) in [6.45, 7) is 6.94. The van der Waals surface area contributed by atoms with Crippen LogP contribution in [0.5, 0.6) is 0 Å². The van der Waals surface area contributed by atoms with E-state index in [1.807, 2.05) is 24.8 Å². The number of aryl methyl sites for hydroxylation is 1. The molecule has 3 rings (SSSR count). The van der Waals surface area contributed by atoms with Gasteiger partial charge in [-0.1, -0.05) is 0 Å². The molecule has 1 atom stereocenters. The fraction of sp³-hybridized carbons (Fsp3) is 0.688. The van der Waals surface area contributed by atoms with E-state index in [1.54, 1.807) is 0 Å². The molecule has 3 heterocycles. The Bertz CT molecular complexity index is 510. The summed E-state index contributed by atoms with van der Waals surface area (Å²) in [4.78, 5) is 9.36. The second-order valence-electron chi connectivity index (χ2n) is 6.01. The van der Waals surface area contributed by atoms with Gasteiger partial charge in [0.1, 0.15) is 11.5 Å². The van der Waals surface area contributed by atoms with Crippen LogP contribution in [0, 0.1) is 6.92 Å². The van der Waals surface area contributed by atoms with E-state index in [0.29, 0.717) is 12.5 Å².